The van der Waals surface area contributed by atoms with Crippen LogP contribution in [0.5, 0.6) is 0 Å². The molecule has 0 radical (unpaired) electrons. The number of carboxylic acid groups (broad SMARTS) is 3. The van der Waals surface area contributed by atoms with Crippen LogP contribution in [-0.2, 0) is 11.3 Å². The summed E-state index contributed by atoms with van der Waals surface area (Å²) in [5.74, 6) is -6.22. The summed E-state index contributed by atoms with van der Waals surface area (Å²) in [5.41, 5.74) is -3.19. The molecule has 114 valence electrons. The van der Waals surface area contributed by atoms with E-state index in [4.69, 9.17) is 15.3 Å². The Morgan fingerprint density at radius 1 is 0.952 bits per heavy atom. The second-order valence-electron chi connectivity index (χ2n) is 4.01. The van der Waals surface area contributed by atoms with E-state index in [1.807, 2.05) is 0 Å². The van der Waals surface area contributed by atoms with E-state index in [1.54, 1.807) is 6.92 Å². The van der Waals surface area contributed by atoms with Crippen LogP contribution in [0.25, 0.3) is 0 Å². The van der Waals surface area contributed by atoms with Gasteiger partial charge >= 0.3 is 23.9 Å². The van der Waals surface area contributed by atoms with E-state index in [1.165, 1.54) is 0 Å². The average Bonchev–Trinajstić information content (AvgIpc) is 2.73. The summed E-state index contributed by atoms with van der Waals surface area (Å²) in [6.07, 6.45) is 0.358. The summed E-state index contributed by atoms with van der Waals surface area (Å²) in [5, 5.41) is 27.4. The van der Waals surface area contributed by atoms with Crippen LogP contribution in [0.4, 0.5) is 0 Å². The molecule has 1 aromatic heterocycles. The number of aromatic carboxylic acids is 3. The molecule has 0 aliphatic carbocycles. The Hall–Kier alpha value is -2.84. The highest BCUT2D eigenvalue weighted by molar-refractivity contribution is 6.14. The number of rotatable bonds is 6. The lowest BCUT2D eigenvalue weighted by Crippen LogP contribution is -2.17. The summed E-state index contributed by atoms with van der Waals surface area (Å²) in [6.45, 7) is 1.62. The number of hydrogen-bond acceptors (Lipinski definition) is 5. The average molecular weight is 299 g/mol. The maximum absolute atomic E-state index is 11.8. The first kappa shape index (κ1) is 16.2. The molecule has 1 rings (SSSR count). The van der Waals surface area contributed by atoms with Gasteiger partial charge in [-0.05, 0) is 6.42 Å². The standard InChI is InChI=1S/C12H13NO8/c1-3-4-13-7(11(18)19)5(9(14)15)6(10(16)17)8(13)12(20)21-2/h3-4H2,1-2H3,(H,14,15)(H,16,17)(H,18,19). The van der Waals surface area contributed by atoms with Crippen LogP contribution in [0, 0.1) is 0 Å². The van der Waals surface area contributed by atoms with Gasteiger partial charge in [0.05, 0.1) is 7.11 Å². The maximum Gasteiger partial charge on any atom is 0.355 e. The molecule has 0 atom stereocenters. The third-order valence-corrected chi connectivity index (χ3v) is 2.72. The van der Waals surface area contributed by atoms with Gasteiger partial charge in [-0.1, -0.05) is 6.92 Å². The van der Waals surface area contributed by atoms with Crippen molar-refractivity contribution in [2.24, 2.45) is 0 Å². The molecule has 0 amide bonds. The maximum atomic E-state index is 11.8. The van der Waals surface area contributed by atoms with Crippen LogP contribution in [-0.4, -0.2) is 50.9 Å². The number of carbonyl (C=O) groups excluding carboxylic acids is 1. The molecule has 0 bridgehead atoms. The lowest BCUT2D eigenvalue weighted by Gasteiger charge is -2.09. The van der Waals surface area contributed by atoms with E-state index in [2.05, 4.69) is 4.74 Å². The molecular formula is C12H13NO8. The summed E-state index contributed by atoms with van der Waals surface area (Å²) in [6, 6.07) is 0. The van der Waals surface area contributed by atoms with E-state index in [0.717, 1.165) is 11.7 Å². The number of esters is 1. The number of nitrogens with zero attached hydrogens (tertiary/aromatic N) is 1. The topological polar surface area (TPSA) is 143 Å². The zero-order valence-corrected chi connectivity index (χ0v) is 11.2. The summed E-state index contributed by atoms with van der Waals surface area (Å²) in [7, 11) is 0.984. The largest absolute Gasteiger partial charge is 0.478 e. The normalized spacial score (nSPS) is 10.2. The van der Waals surface area contributed by atoms with E-state index < -0.39 is 46.4 Å². The van der Waals surface area contributed by atoms with E-state index in [0.29, 0.717) is 6.42 Å². The van der Waals surface area contributed by atoms with E-state index >= 15 is 0 Å². The van der Waals surface area contributed by atoms with Gasteiger partial charge in [-0.25, -0.2) is 19.2 Å². The number of hydrogen-bond donors (Lipinski definition) is 3. The number of ether oxygens (including phenoxy) is 1. The number of carbonyl (C=O) groups is 4. The minimum absolute atomic E-state index is 0.0420. The van der Waals surface area contributed by atoms with Gasteiger partial charge in [0.1, 0.15) is 22.5 Å². The Morgan fingerprint density at radius 3 is 1.76 bits per heavy atom. The Morgan fingerprint density at radius 2 is 1.43 bits per heavy atom. The van der Waals surface area contributed by atoms with Crippen LogP contribution in [0.2, 0.25) is 0 Å². The van der Waals surface area contributed by atoms with Crippen molar-refractivity contribution in [3.05, 3.63) is 22.5 Å². The van der Waals surface area contributed by atoms with Crippen LogP contribution in [0.3, 0.4) is 0 Å². The summed E-state index contributed by atoms with van der Waals surface area (Å²) in [4.78, 5) is 45.6. The number of methoxy groups -OCH3 is 1. The highest BCUT2D eigenvalue weighted by atomic mass is 16.5. The zero-order valence-electron chi connectivity index (χ0n) is 11.2. The first-order chi connectivity index (χ1) is 9.77. The second-order valence-corrected chi connectivity index (χ2v) is 4.01. The van der Waals surface area contributed by atoms with Crippen molar-refractivity contribution in [2.75, 3.05) is 7.11 Å². The Kier molecular flexibility index (Phi) is 4.69. The lowest BCUT2D eigenvalue weighted by atomic mass is 10.1. The van der Waals surface area contributed by atoms with Crippen LogP contribution < -0.4 is 0 Å². The predicted molar refractivity (Wildman–Crippen MR) is 66.9 cm³/mol. The van der Waals surface area contributed by atoms with Crippen molar-refractivity contribution < 1.29 is 39.2 Å². The Labute approximate surface area is 118 Å². The molecule has 3 N–H and O–H groups in total. The molecular weight excluding hydrogens is 286 g/mol. The fourth-order valence-electron chi connectivity index (χ4n) is 2.01. The summed E-state index contributed by atoms with van der Waals surface area (Å²) >= 11 is 0. The zero-order chi connectivity index (χ0) is 16.3. The smallest absolute Gasteiger partial charge is 0.355 e. The minimum Gasteiger partial charge on any atom is -0.478 e. The molecule has 0 saturated carbocycles. The van der Waals surface area contributed by atoms with Gasteiger partial charge in [0.15, 0.2) is 0 Å². The van der Waals surface area contributed by atoms with Gasteiger partial charge < -0.3 is 24.6 Å². The van der Waals surface area contributed by atoms with Crippen molar-refractivity contribution in [1.29, 1.82) is 0 Å². The molecule has 0 fully saturated rings. The van der Waals surface area contributed by atoms with Crippen molar-refractivity contribution in [3.63, 3.8) is 0 Å². The molecule has 0 spiro atoms. The van der Waals surface area contributed by atoms with Gasteiger partial charge in [0.25, 0.3) is 0 Å². The molecule has 0 aliphatic rings. The fraction of sp³-hybridized carbons (Fsp3) is 0.333. The first-order valence-electron chi connectivity index (χ1n) is 5.82. The molecule has 0 unspecified atom stereocenters. The SMILES string of the molecule is CCCn1c(C(=O)O)c(C(=O)O)c(C(=O)O)c1C(=O)OC. The van der Waals surface area contributed by atoms with Gasteiger partial charge in [0.2, 0.25) is 0 Å². The van der Waals surface area contributed by atoms with Crippen LogP contribution in [0.15, 0.2) is 0 Å². The first-order valence-corrected chi connectivity index (χ1v) is 5.82. The number of carboxylic acids is 3. The monoisotopic (exact) mass is 299 g/mol. The molecule has 9 nitrogen and oxygen atoms in total. The van der Waals surface area contributed by atoms with E-state index in [-0.39, 0.29) is 6.54 Å². The second kappa shape index (κ2) is 6.07. The van der Waals surface area contributed by atoms with Crippen LogP contribution >= 0.6 is 0 Å². The molecule has 1 aromatic rings. The molecule has 0 saturated heterocycles. The minimum atomic E-state index is -1.75. The summed E-state index contributed by atoms with van der Waals surface area (Å²) < 4.78 is 5.28. The van der Waals surface area contributed by atoms with Crippen molar-refractivity contribution >= 4 is 23.9 Å². The van der Waals surface area contributed by atoms with Crippen LogP contribution in [0.1, 0.15) is 55.0 Å². The van der Waals surface area contributed by atoms with Gasteiger partial charge in [-0.15, -0.1) is 0 Å². The van der Waals surface area contributed by atoms with Gasteiger partial charge in [-0.2, -0.15) is 0 Å². The van der Waals surface area contributed by atoms with Crippen molar-refractivity contribution in [3.8, 4) is 0 Å². The molecule has 21 heavy (non-hydrogen) atoms. The highest BCUT2D eigenvalue weighted by Crippen LogP contribution is 2.25. The highest BCUT2D eigenvalue weighted by Gasteiger charge is 2.37. The molecule has 0 aliphatic heterocycles. The predicted octanol–water partition coefficient (Wildman–Crippen LogP) is 0.779. The third kappa shape index (κ3) is 2.71. The third-order valence-electron chi connectivity index (χ3n) is 2.72. The van der Waals surface area contributed by atoms with Crippen molar-refractivity contribution in [1.82, 2.24) is 4.57 Å². The van der Waals surface area contributed by atoms with Gasteiger partial charge in [-0.3, -0.25) is 0 Å². The molecule has 1 heterocycles. The van der Waals surface area contributed by atoms with Crippen molar-refractivity contribution in [2.45, 2.75) is 19.9 Å². The fourth-order valence-corrected chi connectivity index (χ4v) is 2.01. The Bertz CT molecular complexity index is 628. The lowest BCUT2D eigenvalue weighted by molar-refractivity contribution is 0.0569. The van der Waals surface area contributed by atoms with Gasteiger partial charge in [0, 0.05) is 6.54 Å². The van der Waals surface area contributed by atoms with E-state index in [9.17, 15) is 19.2 Å². The molecule has 0 aromatic carbocycles. The molecule has 9 heteroatoms. The quantitative estimate of drug-likeness (QED) is 0.654. The Balaban J connectivity index is 3.94. The number of aromatic nitrogens is 1.